The van der Waals surface area contributed by atoms with Gasteiger partial charge in [0.25, 0.3) is 5.91 Å². The van der Waals surface area contributed by atoms with Crippen LogP contribution in [0.4, 0.5) is 15.8 Å². The standard InChI is InChI=1S/C14H13FN2O2/c1-19-13-5-3-2-4-12(13)17-14(18)10-7-6-9(15)8-11(10)16/h2-8H,16H2,1H3,(H,17,18). The summed E-state index contributed by atoms with van der Waals surface area (Å²) in [6.45, 7) is 0. The number of benzene rings is 2. The minimum atomic E-state index is -0.480. The lowest BCUT2D eigenvalue weighted by Crippen LogP contribution is -2.14. The molecule has 4 nitrogen and oxygen atoms in total. The molecule has 0 spiro atoms. The van der Waals surface area contributed by atoms with E-state index < -0.39 is 11.7 Å². The van der Waals surface area contributed by atoms with E-state index in [0.29, 0.717) is 11.4 Å². The van der Waals surface area contributed by atoms with Crippen LogP contribution in [0.1, 0.15) is 10.4 Å². The molecule has 0 atom stereocenters. The van der Waals surface area contributed by atoms with Crippen molar-refractivity contribution in [3.63, 3.8) is 0 Å². The Hall–Kier alpha value is -2.56. The maximum atomic E-state index is 12.9. The molecule has 0 fully saturated rings. The molecule has 0 aromatic heterocycles. The SMILES string of the molecule is COc1ccccc1NC(=O)c1ccc(F)cc1N. The Kier molecular flexibility index (Phi) is 3.66. The lowest BCUT2D eigenvalue weighted by Gasteiger charge is -2.10. The number of nitrogens with two attached hydrogens (primary N) is 1. The number of anilines is 2. The Bertz CT molecular complexity index is 614. The first-order valence-corrected chi connectivity index (χ1v) is 5.61. The monoisotopic (exact) mass is 260 g/mol. The molecule has 0 aliphatic carbocycles. The molecular weight excluding hydrogens is 247 g/mol. The summed E-state index contributed by atoms with van der Waals surface area (Å²) in [5, 5.41) is 2.67. The van der Waals surface area contributed by atoms with Crippen LogP contribution < -0.4 is 15.8 Å². The van der Waals surface area contributed by atoms with Crippen LogP contribution in [0.5, 0.6) is 5.75 Å². The second-order valence-electron chi connectivity index (χ2n) is 3.89. The molecule has 19 heavy (non-hydrogen) atoms. The molecule has 1 amide bonds. The summed E-state index contributed by atoms with van der Waals surface area (Å²) in [6.07, 6.45) is 0. The average molecular weight is 260 g/mol. The lowest BCUT2D eigenvalue weighted by molar-refractivity contribution is 0.102. The highest BCUT2D eigenvalue weighted by molar-refractivity contribution is 6.08. The van der Waals surface area contributed by atoms with Gasteiger partial charge >= 0.3 is 0 Å². The fourth-order valence-corrected chi connectivity index (χ4v) is 1.68. The summed E-state index contributed by atoms with van der Waals surface area (Å²) in [6, 6.07) is 10.6. The largest absolute Gasteiger partial charge is 0.495 e. The highest BCUT2D eigenvalue weighted by Crippen LogP contribution is 2.24. The lowest BCUT2D eigenvalue weighted by atomic mass is 10.1. The Morgan fingerprint density at radius 2 is 2.00 bits per heavy atom. The molecule has 0 saturated heterocycles. The van der Waals surface area contributed by atoms with Crippen LogP contribution >= 0.6 is 0 Å². The van der Waals surface area contributed by atoms with Crippen molar-refractivity contribution in [2.75, 3.05) is 18.2 Å². The van der Waals surface area contributed by atoms with E-state index in [1.165, 1.54) is 19.2 Å². The van der Waals surface area contributed by atoms with Crippen molar-refractivity contribution >= 4 is 17.3 Å². The predicted molar refractivity (Wildman–Crippen MR) is 71.8 cm³/mol. The van der Waals surface area contributed by atoms with Gasteiger partial charge in [-0.2, -0.15) is 0 Å². The number of carbonyl (C=O) groups excluding carboxylic acids is 1. The summed E-state index contributed by atoms with van der Waals surface area (Å²) in [5.74, 6) is -0.357. The number of para-hydroxylation sites is 2. The van der Waals surface area contributed by atoms with Crippen LogP contribution in [0.15, 0.2) is 42.5 Å². The molecule has 2 aromatic carbocycles. The number of nitrogens with one attached hydrogen (secondary N) is 1. The van der Waals surface area contributed by atoms with Crippen molar-refractivity contribution in [1.29, 1.82) is 0 Å². The third kappa shape index (κ3) is 2.82. The molecular formula is C14H13FN2O2. The van der Waals surface area contributed by atoms with Gasteiger partial charge in [-0.3, -0.25) is 4.79 Å². The molecule has 5 heteroatoms. The molecule has 0 aliphatic heterocycles. The molecule has 2 aromatic rings. The van der Waals surface area contributed by atoms with Crippen LogP contribution in [-0.4, -0.2) is 13.0 Å². The molecule has 0 bridgehead atoms. The zero-order valence-corrected chi connectivity index (χ0v) is 10.3. The van der Waals surface area contributed by atoms with Crippen molar-refractivity contribution in [3.8, 4) is 5.75 Å². The zero-order valence-electron chi connectivity index (χ0n) is 10.3. The van der Waals surface area contributed by atoms with Crippen molar-refractivity contribution in [2.24, 2.45) is 0 Å². The third-order valence-electron chi connectivity index (χ3n) is 2.61. The van der Waals surface area contributed by atoms with Gasteiger partial charge in [0.1, 0.15) is 11.6 Å². The van der Waals surface area contributed by atoms with E-state index in [-0.39, 0.29) is 11.3 Å². The Labute approximate surface area is 110 Å². The van der Waals surface area contributed by atoms with Crippen molar-refractivity contribution in [3.05, 3.63) is 53.8 Å². The molecule has 3 N–H and O–H groups in total. The number of amides is 1. The summed E-state index contributed by atoms with van der Waals surface area (Å²) in [5.41, 5.74) is 6.45. The number of ether oxygens (including phenoxy) is 1. The fourth-order valence-electron chi connectivity index (χ4n) is 1.68. The number of methoxy groups -OCH3 is 1. The average Bonchev–Trinajstić information content (AvgIpc) is 2.39. The number of hydrogen-bond acceptors (Lipinski definition) is 3. The van der Waals surface area contributed by atoms with Gasteiger partial charge in [0, 0.05) is 5.69 Å². The van der Waals surface area contributed by atoms with Crippen molar-refractivity contribution < 1.29 is 13.9 Å². The first kappa shape index (κ1) is 12.9. The van der Waals surface area contributed by atoms with Crippen molar-refractivity contribution in [1.82, 2.24) is 0 Å². The van der Waals surface area contributed by atoms with Gasteiger partial charge in [0.15, 0.2) is 0 Å². The van der Waals surface area contributed by atoms with E-state index in [4.69, 9.17) is 10.5 Å². The van der Waals surface area contributed by atoms with E-state index in [9.17, 15) is 9.18 Å². The molecule has 0 saturated carbocycles. The van der Waals surface area contributed by atoms with E-state index in [2.05, 4.69) is 5.32 Å². The van der Waals surface area contributed by atoms with Gasteiger partial charge in [-0.1, -0.05) is 12.1 Å². The van der Waals surface area contributed by atoms with E-state index in [1.807, 2.05) is 0 Å². The third-order valence-corrected chi connectivity index (χ3v) is 2.61. The van der Waals surface area contributed by atoms with Gasteiger partial charge in [0.2, 0.25) is 0 Å². The predicted octanol–water partition coefficient (Wildman–Crippen LogP) is 2.67. The molecule has 2 rings (SSSR count). The Morgan fingerprint density at radius 3 is 2.68 bits per heavy atom. The number of nitrogen functional groups attached to an aromatic ring is 1. The number of halogens is 1. The Morgan fingerprint density at radius 1 is 1.26 bits per heavy atom. The summed E-state index contributed by atoms with van der Waals surface area (Å²) in [7, 11) is 1.51. The van der Waals surface area contributed by atoms with E-state index >= 15 is 0 Å². The molecule has 98 valence electrons. The van der Waals surface area contributed by atoms with Gasteiger partial charge in [-0.25, -0.2) is 4.39 Å². The normalized spacial score (nSPS) is 10.0. The van der Waals surface area contributed by atoms with Crippen LogP contribution in [-0.2, 0) is 0 Å². The van der Waals surface area contributed by atoms with Gasteiger partial charge in [-0.05, 0) is 30.3 Å². The van der Waals surface area contributed by atoms with Gasteiger partial charge < -0.3 is 15.8 Å². The summed E-state index contributed by atoms with van der Waals surface area (Å²) >= 11 is 0. The van der Waals surface area contributed by atoms with Crippen LogP contribution in [0.3, 0.4) is 0 Å². The molecule has 0 aliphatic rings. The summed E-state index contributed by atoms with van der Waals surface area (Å²) in [4.78, 5) is 12.0. The van der Waals surface area contributed by atoms with Gasteiger partial charge in [0.05, 0.1) is 18.4 Å². The topological polar surface area (TPSA) is 64.3 Å². The highest BCUT2D eigenvalue weighted by atomic mass is 19.1. The first-order chi connectivity index (χ1) is 9.11. The molecule has 0 radical (unpaired) electrons. The number of hydrogen-bond donors (Lipinski definition) is 2. The Balaban J connectivity index is 2.26. The molecule has 0 heterocycles. The first-order valence-electron chi connectivity index (χ1n) is 5.61. The smallest absolute Gasteiger partial charge is 0.257 e. The second-order valence-corrected chi connectivity index (χ2v) is 3.89. The van der Waals surface area contributed by atoms with Crippen LogP contribution in [0, 0.1) is 5.82 Å². The van der Waals surface area contributed by atoms with Crippen molar-refractivity contribution in [2.45, 2.75) is 0 Å². The second kappa shape index (κ2) is 5.39. The van der Waals surface area contributed by atoms with E-state index in [0.717, 1.165) is 6.07 Å². The van der Waals surface area contributed by atoms with Crippen LogP contribution in [0.25, 0.3) is 0 Å². The zero-order chi connectivity index (χ0) is 13.8. The quantitative estimate of drug-likeness (QED) is 0.834. The summed E-state index contributed by atoms with van der Waals surface area (Å²) < 4.78 is 18.1. The maximum Gasteiger partial charge on any atom is 0.257 e. The highest BCUT2D eigenvalue weighted by Gasteiger charge is 2.12. The number of rotatable bonds is 3. The minimum absolute atomic E-state index is 0.0902. The van der Waals surface area contributed by atoms with Crippen LogP contribution in [0.2, 0.25) is 0 Å². The van der Waals surface area contributed by atoms with Gasteiger partial charge in [-0.15, -0.1) is 0 Å². The molecule has 0 unspecified atom stereocenters. The minimum Gasteiger partial charge on any atom is -0.495 e. The maximum absolute atomic E-state index is 12.9. The number of carbonyl (C=O) groups is 1. The van der Waals surface area contributed by atoms with E-state index in [1.54, 1.807) is 24.3 Å². The fraction of sp³-hybridized carbons (Fsp3) is 0.0714.